The number of thiophene rings is 1. The summed E-state index contributed by atoms with van der Waals surface area (Å²) in [5.41, 5.74) is 13.6. The summed E-state index contributed by atoms with van der Waals surface area (Å²) >= 11 is 1.82. The summed E-state index contributed by atoms with van der Waals surface area (Å²) < 4.78 is 9.57. The summed E-state index contributed by atoms with van der Waals surface area (Å²) in [4.78, 5) is 11.0. The molecule has 0 saturated heterocycles. The first-order valence-corrected chi connectivity index (χ1v) is 20.1. The molecule has 57 heavy (non-hydrogen) atoms. The predicted octanol–water partition coefficient (Wildman–Crippen LogP) is 14.0. The quantitative estimate of drug-likeness (QED) is 0.180. The molecular weight excluding hydrogens is 713 g/mol. The van der Waals surface area contributed by atoms with Crippen molar-refractivity contribution in [3.8, 4) is 67.7 Å². The Morgan fingerprint density at radius 2 is 0.947 bits per heavy atom. The molecule has 0 bridgehead atoms. The zero-order valence-corrected chi connectivity index (χ0v) is 31.5. The van der Waals surface area contributed by atoms with Crippen LogP contribution in [0.5, 0.6) is 11.5 Å². The number of fused-ring (bicyclic) bond motifs is 12. The molecule has 1 spiro atoms. The molecule has 0 radical (unpaired) electrons. The van der Waals surface area contributed by atoms with Gasteiger partial charge in [-0.2, -0.15) is 0 Å². The van der Waals surface area contributed by atoms with Crippen LogP contribution in [-0.4, -0.2) is 9.97 Å². The first-order valence-electron chi connectivity index (χ1n) is 19.3. The molecule has 0 saturated carbocycles. The Kier molecular flexibility index (Phi) is 7.01. The summed E-state index contributed by atoms with van der Waals surface area (Å²) in [6, 6.07) is 69.2. The van der Waals surface area contributed by atoms with Crippen LogP contribution < -0.4 is 4.74 Å². The average Bonchev–Trinajstić information content (AvgIpc) is 3.81. The molecule has 0 fully saturated rings. The van der Waals surface area contributed by atoms with Crippen molar-refractivity contribution >= 4 is 31.5 Å². The average molecular weight is 745 g/mol. The molecule has 2 aromatic heterocycles. The van der Waals surface area contributed by atoms with E-state index in [0.29, 0.717) is 5.82 Å². The van der Waals surface area contributed by atoms with E-state index in [-0.39, 0.29) is 0 Å². The van der Waals surface area contributed by atoms with Crippen LogP contribution >= 0.6 is 11.3 Å². The van der Waals surface area contributed by atoms with E-state index in [1.54, 1.807) is 0 Å². The van der Waals surface area contributed by atoms with E-state index in [4.69, 9.17) is 14.7 Å². The lowest BCUT2D eigenvalue weighted by atomic mass is 9.66. The van der Waals surface area contributed by atoms with Gasteiger partial charge in [0.1, 0.15) is 11.5 Å². The molecular formula is C53H32N2OS. The molecule has 2 aliphatic rings. The van der Waals surface area contributed by atoms with Gasteiger partial charge < -0.3 is 4.74 Å². The Hall–Kier alpha value is -7.14. The Morgan fingerprint density at radius 3 is 1.74 bits per heavy atom. The highest BCUT2D eigenvalue weighted by molar-refractivity contribution is 7.26. The molecule has 1 aliphatic heterocycles. The Labute approximate surface area is 334 Å². The predicted molar refractivity (Wildman–Crippen MR) is 234 cm³/mol. The fraction of sp³-hybridized carbons (Fsp3) is 0.0189. The molecule has 1 aliphatic carbocycles. The van der Waals surface area contributed by atoms with Crippen LogP contribution in [0, 0.1) is 0 Å². The standard InChI is InChI=1S/C53H32N2OS/c1-2-16-33(17-3-1)34-18-4-5-21-37(34)46-32-47(40-24-14-23-39-38-22-8-13-31-49(38)57-51(39)40)55-52(54-46)41-25-15-29-45-50(41)56-48-30-12-11-28-44(48)53(45)42-26-9-6-19-35(42)36-20-7-10-27-43(36)53/h1-32H. The highest BCUT2D eigenvalue weighted by Crippen LogP contribution is 2.63. The van der Waals surface area contributed by atoms with Gasteiger partial charge in [-0.15, -0.1) is 11.3 Å². The van der Waals surface area contributed by atoms with Crippen molar-refractivity contribution in [2.75, 3.05) is 0 Å². The number of rotatable bonds is 4. The van der Waals surface area contributed by atoms with Crippen molar-refractivity contribution in [3.05, 3.63) is 216 Å². The van der Waals surface area contributed by atoms with E-state index in [0.717, 1.165) is 61.8 Å². The van der Waals surface area contributed by atoms with E-state index >= 15 is 0 Å². The van der Waals surface area contributed by atoms with Gasteiger partial charge in [0.15, 0.2) is 5.82 Å². The van der Waals surface area contributed by atoms with Crippen LogP contribution in [0.15, 0.2) is 194 Å². The topological polar surface area (TPSA) is 35.0 Å². The van der Waals surface area contributed by atoms with Crippen LogP contribution in [0.2, 0.25) is 0 Å². The third-order valence-electron chi connectivity index (χ3n) is 11.8. The van der Waals surface area contributed by atoms with Crippen molar-refractivity contribution in [2.24, 2.45) is 0 Å². The Bertz CT molecular complexity index is 3190. The molecule has 10 aromatic rings. The Morgan fingerprint density at radius 1 is 0.404 bits per heavy atom. The van der Waals surface area contributed by atoms with Gasteiger partial charge in [0.25, 0.3) is 0 Å². The second-order valence-corrected chi connectivity index (χ2v) is 15.8. The highest BCUT2D eigenvalue weighted by Gasteiger charge is 2.51. The van der Waals surface area contributed by atoms with Gasteiger partial charge in [-0.25, -0.2) is 9.97 Å². The van der Waals surface area contributed by atoms with Crippen molar-refractivity contribution in [3.63, 3.8) is 0 Å². The van der Waals surface area contributed by atoms with Gasteiger partial charge in [0, 0.05) is 42.4 Å². The summed E-state index contributed by atoms with van der Waals surface area (Å²) in [5, 5.41) is 2.49. The highest BCUT2D eigenvalue weighted by atomic mass is 32.1. The summed E-state index contributed by atoms with van der Waals surface area (Å²) in [5.74, 6) is 2.24. The number of aromatic nitrogens is 2. The number of nitrogens with zero attached hydrogens (tertiary/aromatic N) is 2. The van der Waals surface area contributed by atoms with Crippen LogP contribution in [0.4, 0.5) is 0 Å². The molecule has 4 heteroatoms. The first kappa shape index (κ1) is 32.1. The molecule has 3 nitrogen and oxygen atoms in total. The van der Waals surface area contributed by atoms with Crippen LogP contribution in [0.25, 0.3) is 76.3 Å². The SMILES string of the molecule is c1ccc(-c2ccccc2-c2cc(-c3cccc4c3sc3ccccc34)nc(-c3cccc4c3Oc3ccccc3C43c4ccccc4-c4ccccc43)n2)cc1. The van der Waals surface area contributed by atoms with Crippen molar-refractivity contribution in [1.29, 1.82) is 0 Å². The van der Waals surface area contributed by atoms with E-state index < -0.39 is 5.41 Å². The number of ether oxygens (including phenoxy) is 1. The minimum absolute atomic E-state index is 0.587. The second kappa shape index (κ2) is 12.4. The van der Waals surface area contributed by atoms with Crippen LogP contribution in [-0.2, 0) is 5.41 Å². The van der Waals surface area contributed by atoms with Crippen molar-refractivity contribution in [1.82, 2.24) is 9.97 Å². The second-order valence-electron chi connectivity index (χ2n) is 14.8. The number of para-hydroxylation sites is 2. The lowest BCUT2D eigenvalue weighted by molar-refractivity contribution is 0.437. The molecule has 3 heterocycles. The third-order valence-corrected chi connectivity index (χ3v) is 13.0. The fourth-order valence-corrected chi connectivity index (χ4v) is 10.6. The number of hydrogen-bond acceptors (Lipinski definition) is 4. The molecule has 12 rings (SSSR count). The smallest absolute Gasteiger partial charge is 0.164 e. The molecule has 266 valence electrons. The van der Waals surface area contributed by atoms with Gasteiger partial charge in [-0.3, -0.25) is 0 Å². The summed E-state index contributed by atoms with van der Waals surface area (Å²) in [7, 11) is 0. The van der Waals surface area contributed by atoms with Crippen molar-refractivity contribution in [2.45, 2.75) is 5.41 Å². The van der Waals surface area contributed by atoms with E-state index in [1.807, 2.05) is 11.3 Å². The molecule has 0 atom stereocenters. The normalized spacial score (nSPS) is 13.2. The van der Waals surface area contributed by atoms with E-state index in [9.17, 15) is 0 Å². The minimum Gasteiger partial charge on any atom is -0.456 e. The van der Waals surface area contributed by atoms with Gasteiger partial charge >= 0.3 is 0 Å². The summed E-state index contributed by atoms with van der Waals surface area (Å²) in [6.07, 6.45) is 0. The van der Waals surface area contributed by atoms with Crippen molar-refractivity contribution < 1.29 is 4.74 Å². The lowest BCUT2D eigenvalue weighted by Crippen LogP contribution is -2.32. The Balaban J connectivity index is 1.15. The third kappa shape index (κ3) is 4.65. The zero-order chi connectivity index (χ0) is 37.5. The monoisotopic (exact) mass is 744 g/mol. The number of benzene rings is 8. The fourth-order valence-electron chi connectivity index (χ4n) is 9.42. The zero-order valence-electron chi connectivity index (χ0n) is 30.7. The minimum atomic E-state index is -0.587. The van der Waals surface area contributed by atoms with Gasteiger partial charge in [-0.1, -0.05) is 170 Å². The molecule has 0 N–H and O–H groups in total. The molecule has 0 amide bonds. The van der Waals surface area contributed by atoms with E-state index in [1.165, 1.54) is 42.4 Å². The van der Waals surface area contributed by atoms with Gasteiger partial charge in [0.05, 0.1) is 22.4 Å². The largest absolute Gasteiger partial charge is 0.456 e. The summed E-state index contributed by atoms with van der Waals surface area (Å²) in [6.45, 7) is 0. The maximum atomic E-state index is 7.10. The maximum absolute atomic E-state index is 7.10. The number of hydrogen-bond donors (Lipinski definition) is 0. The maximum Gasteiger partial charge on any atom is 0.164 e. The molecule has 0 unspecified atom stereocenters. The lowest BCUT2D eigenvalue weighted by Gasteiger charge is -2.39. The first-order chi connectivity index (χ1) is 28.3. The molecule has 8 aromatic carbocycles. The van der Waals surface area contributed by atoms with Crippen LogP contribution in [0.3, 0.4) is 0 Å². The van der Waals surface area contributed by atoms with Gasteiger partial charge in [-0.05, 0) is 57.6 Å². The van der Waals surface area contributed by atoms with Gasteiger partial charge in [0.2, 0.25) is 0 Å². The van der Waals surface area contributed by atoms with E-state index in [2.05, 4.69) is 194 Å². The van der Waals surface area contributed by atoms with Crippen LogP contribution in [0.1, 0.15) is 22.3 Å².